The summed E-state index contributed by atoms with van der Waals surface area (Å²) in [6.45, 7) is 5.80. The number of nitrogens with one attached hydrogen (secondary N) is 2. The van der Waals surface area contributed by atoms with Crippen LogP contribution in [0.5, 0.6) is 0 Å². The highest BCUT2D eigenvalue weighted by Gasteiger charge is 2.24. The fraction of sp³-hybridized carbons (Fsp3) is 0.455. The molecule has 8 nitrogen and oxygen atoms in total. The molecule has 0 amide bonds. The molecule has 0 spiro atoms. The Morgan fingerprint density at radius 1 is 1.13 bits per heavy atom. The highest BCUT2D eigenvalue weighted by atomic mass is 35.5. The summed E-state index contributed by atoms with van der Waals surface area (Å²) >= 11 is 6.08. The van der Waals surface area contributed by atoms with Gasteiger partial charge in [0.1, 0.15) is 17.2 Å². The van der Waals surface area contributed by atoms with E-state index in [0.29, 0.717) is 17.2 Å². The number of piperazine rings is 1. The SMILES string of the molecule is Cc1c(Nc2ccc(N3CCNCC3)cn2)c(=O)n(C2CCCC2)c2nc(Cl)ncc12. The standard InChI is InChI=1S/C22H26ClN7O/c1-14-17-13-26-22(23)28-20(17)30(15-4-2-3-5-15)21(31)19(14)27-18-7-6-16(12-25-18)29-10-8-24-9-11-29/h6-7,12-13,15,24H,2-5,8-11H2,1H3,(H,25,27). The van der Waals surface area contributed by atoms with Crippen LogP contribution in [0, 0.1) is 6.92 Å². The zero-order chi connectivity index (χ0) is 21.4. The number of hydrogen-bond acceptors (Lipinski definition) is 7. The fourth-order valence-corrected chi connectivity index (χ4v) is 4.79. The summed E-state index contributed by atoms with van der Waals surface area (Å²) in [6.07, 6.45) is 7.74. The van der Waals surface area contributed by atoms with Crippen molar-refractivity contribution in [1.29, 1.82) is 0 Å². The minimum Gasteiger partial charge on any atom is -0.368 e. The van der Waals surface area contributed by atoms with Crippen LogP contribution in [0.25, 0.3) is 11.0 Å². The van der Waals surface area contributed by atoms with Gasteiger partial charge in [0.05, 0.1) is 11.9 Å². The summed E-state index contributed by atoms with van der Waals surface area (Å²) in [5, 5.41) is 7.62. The largest absolute Gasteiger partial charge is 0.368 e. The number of aryl methyl sites for hydroxylation is 1. The van der Waals surface area contributed by atoms with E-state index >= 15 is 0 Å². The highest BCUT2D eigenvalue weighted by Crippen LogP contribution is 2.33. The van der Waals surface area contributed by atoms with Crippen molar-refractivity contribution in [3.8, 4) is 0 Å². The van der Waals surface area contributed by atoms with Gasteiger partial charge in [0.2, 0.25) is 5.28 Å². The third kappa shape index (κ3) is 3.85. The summed E-state index contributed by atoms with van der Waals surface area (Å²) < 4.78 is 1.81. The maximum Gasteiger partial charge on any atom is 0.276 e. The summed E-state index contributed by atoms with van der Waals surface area (Å²) in [5.74, 6) is 0.645. The zero-order valence-electron chi connectivity index (χ0n) is 17.6. The molecule has 9 heteroatoms. The molecule has 1 saturated heterocycles. The van der Waals surface area contributed by atoms with E-state index < -0.39 is 0 Å². The molecule has 1 aliphatic carbocycles. The quantitative estimate of drug-likeness (QED) is 0.602. The van der Waals surface area contributed by atoms with E-state index in [-0.39, 0.29) is 16.9 Å². The first-order valence-corrected chi connectivity index (χ1v) is 11.3. The molecule has 162 valence electrons. The number of halogens is 1. The lowest BCUT2D eigenvalue weighted by Crippen LogP contribution is -2.43. The number of hydrogen-bond donors (Lipinski definition) is 2. The second-order valence-corrected chi connectivity index (χ2v) is 8.59. The van der Waals surface area contributed by atoms with Crippen molar-refractivity contribution in [2.75, 3.05) is 36.4 Å². The first-order chi connectivity index (χ1) is 15.1. The fourth-order valence-electron chi connectivity index (χ4n) is 4.66. The van der Waals surface area contributed by atoms with E-state index in [1.807, 2.05) is 19.2 Å². The van der Waals surface area contributed by atoms with Gasteiger partial charge < -0.3 is 15.5 Å². The van der Waals surface area contributed by atoms with Gasteiger partial charge in [0, 0.05) is 43.8 Å². The molecule has 0 aromatic carbocycles. The van der Waals surface area contributed by atoms with Gasteiger partial charge in [-0.2, -0.15) is 4.98 Å². The van der Waals surface area contributed by atoms with E-state index in [1.54, 1.807) is 10.8 Å². The number of anilines is 3. The van der Waals surface area contributed by atoms with Gasteiger partial charge in [-0.15, -0.1) is 0 Å². The van der Waals surface area contributed by atoms with Crippen LogP contribution in [0.15, 0.2) is 29.3 Å². The van der Waals surface area contributed by atoms with Crippen LogP contribution in [0.2, 0.25) is 5.28 Å². The molecule has 2 aliphatic rings. The van der Waals surface area contributed by atoms with Gasteiger partial charge in [-0.3, -0.25) is 9.36 Å². The van der Waals surface area contributed by atoms with Crippen LogP contribution in [-0.4, -0.2) is 45.7 Å². The van der Waals surface area contributed by atoms with Crippen molar-refractivity contribution < 1.29 is 0 Å². The van der Waals surface area contributed by atoms with Gasteiger partial charge >= 0.3 is 0 Å². The lowest BCUT2D eigenvalue weighted by atomic mass is 10.1. The van der Waals surface area contributed by atoms with Crippen LogP contribution >= 0.6 is 11.6 Å². The third-order valence-electron chi connectivity index (χ3n) is 6.35. The van der Waals surface area contributed by atoms with E-state index in [2.05, 4.69) is 36.6 Å². The average Bonchev–Trinajstić information content (AvgIpc) is 3.32. The Balaban J connectivity index is 1.53. The van der Waals surface area contributed by atoms with Crippen LogP contribution < -0.4 is 21.1 Å². The van der Waals surface area contributed by atoms with Crippen molar-refractivity contribution in [3.63, 3.8) is 0 Å². The van der Waals surface area contributed by atoms with Crippen molar-refractivity contribution in [1.82, 2.24) is 24.8 Å². The normalized spacial score (nSPS) is 17.4. The van der Waals surface area contributed by atoms with Crippen molar-refractivity contribution in [2.45, 2.75) is 38.6 Å². The molecule has 0 unspecified atom stereocenters. The third-order valence-corrected chi connectivity index (χ3v) is 6.53. The summed E-state index contributed by atoms with van der Waals surface area (Å²) in [6, 6.07) is 4.11. The molecule has 0 bridgehead atoms. The summed E-state index contributed by atoms with van der Waals surface area (Å²) in [5.41, 5.74) is 2.95. The average molecular weight is 440 g/mol. The number of rotatable bonds is 4. The summed E-state index contributed by atoms with van der Waals surface area (Å²) in [4.78, 5) is 29.0. The van der Waals surface area contributed by atoms with E-state index in [1.165, 1.54) is 0 Å². The van der Waals surface area contributed by atoms with Gasteiger partial charge in [-0.05, 0) is 49.1 Å². The molecule has 5 rings (SSSR count). The lowest BCUT2D eigenvalue weighted by Gasteiger charge is -2.29. The Morgan fingerprint density at radius 3 is 2.61 bits per heavy atom. The molecular weight excluding hydrogens is 414 g/mol. The molecule has 2 fully saturated rings. The molecule has 3 aromatic heterocycles. The molecule has 0 radical (unpaired) electrons. The molecule has 2 N–H and O–H groups in total. The van der Waals surface area contributed by atoms with E-state index in [9.17, 15) is 4.79 Å². The topological polar surface area (TPSA) is 88.0 Å². The number of fused-ring (bicyclic) bond motifs is 1. The number of nitrogens with zero attached hydrogens (tertiary/aromatic N) is 5. The van der Waals surface area contributed by atoms with Gasteiger partial charge in [-0.1, -0.05) is 12.8 Å². The highest BCUT2D eigenvalue weighted by molar-refractivity contribution is 6.28. The Hall–Kier alpha value is -2.71. The van der Waals surface area contributed by atoms with Gasteiger partial charge in [0.25, 0.3) is 5.56 Å². The van der Waals surface area contributed by atoms with E-state index in [0.717, 1.165) is 68.5 Å². The predicted molar refractivity (Wildman–Crippen MR) is 124 cm³/mol. The van der Waals surface area contributed by atoms with Crippen LogP contribution in [0.3, 0.4) is 0 Å². The van der Waals surface area contributed by atoms with Gasteiger partial charge in [-0.25, -0.2) is 9.97 Å². The minimum atomic E-state index is -0.0837. The Kier molecular flexibility index (Phi) is 5.50. The molecule has 1 aliphatic heterocycles. The number of pyridine rings is 2. The lowest BCUT2D eigenvalue weighted by molar-refractivity contribution is 0.516. The monoisotopic (exact) mass is 439 g/mol. The molecule has 0 atom stereocenters. The molecule has 4 heterocycles. The Labute approximate surface area is 185 Å². The molecule has 3 aromatic rings. The predicted octanol–water partition coefficient (Wildman–Crippen LogP) is 3.42. The van der Waals surface area contributed by atoms with Crippen molar-refractivity contribution in [3.05, 3.63) is 45.7 Å². The van der Waals surface area contributed by atoms with E-state index in [4.69, 9.17) is 11.6 Å². The van der Waals surface area contributed by atoms with Gasteiger partial charge in [0.15, 0.2) is 0 Å². The van der Waals surface area contributed by atoms with Crippen LogP contribution in [0.4, 0.5) is 17.2 Å². The maximum absolute atomic E-state index is 13.6. The first kappa shape index (κ1) is 20.2. The second kappa shape index (κ2) is 8.43. The van der Waals surface area contributed by atoms with Crippen LogP contribution in [0.1, 0.15) is 37.3 Å². The molecular formula is C22H26ClN7O. The zero-order valence-corrected chi connectivity index (χ0v) is 18.3. The Morgan fingerprint density at radius 2 is 1.90 bits per heavy atom. The smallest absolute Gasteiger partial charge is 0.276 e. The second-order valence-electron chi connectivity index (χ2n) is 8.25. The Bertz CT molecular complexity index is 1150. The first-order valence-electron chi connectivity index (χ1n) is 10.9. The van der Waals surface area contributed by atoms with Crippen molar-refractivity contribution in [2.24, 2.45) is 0 Å². The molecule has 31 heavy (non-hydrogen) atoms. The number of aromatic nitrogens is 4. The maximum atomic E-state index is 13.6. The minimum absolute atomic E-state index is 0.0837. The van der Waals surface area contributed by atoms with Crippen molar-refractivity contribution >= 4 is 39.8 Å². The molecule has 1 saturated carbocycles. The van der Waals surface area contributed by atoms with Crippen LogP contribution in [-0.2, 0) is 0 Å². The summed E-state index contributed by atoms with van der Waals surface area (Å²) in [7, 11) is 0.